The molecule has 1 heterocycles. The van der Waals surface area contributed by atoms with Gasteiger partial charge < -0.3 is 20.4 Å². The third-order valence-corrected chi connectivity index (χ3v) is 3.56. The highest BCUT2D eigenvalue weighted by Gasteiger charge is 2.17. The number of carbonyl (C=O) groups excluding carboxylic acids is 3. The van der Waals surface area contributed by atoms with Gasteiger partial charge >= 0.3 is 6.03 Å². The number of nitrogens with one attached hydrogen (secondary N) is 4. The first-order valence-electron chi connectivity index (χ1n) is 7.76. The quantitative estimate of drug-likeness (QED) is 0.652. The first kappa shape index (κ1) is 19.0. The normalized spacial score (nSPS) is 11.4. The second kappa shape index (κ2) is 8.15. The van der Waals surface area contributed by atoms with Gasteiger partial charge in [-0.05, 0) is 38.1 Å². The number of benzene rings is 1. The molecule has 1 aromatic heterocycles. The van der Waals surface area contributed by atoms with Gasteiger partial charge in [-0.15, -0.1) is 0 Å². The maximum Gasteiger partial charge on any atom is 0.321 e. The summed E-state index contributed by atoms with van der Waals surface area (Å²) in [4.78, 5) is 35.2. The van der Waals surface area contributed by atoms with Crippen LogP contribution >= 0.6 is 0 Å². The van der Waals surface area contributed by atoms with Crippen molar-refractivity contribution >= 4 is 29.2 Å². The molecule has 0 aliphatic carbocycles. The number of imide groups is 1. The number of halogens is 1. The van der Waals surface area contributed by atoms with Gasteiger partial charge in [-0.25, -0.2) is 9.18 Å². The molecule has 1 atom stereocenters. The molecule has 0 spiro atoms. The third kappa shape index (κ3) is 4.59. The van der Waals surface area contributed by atoms with Crippen LogP contribution in [0.2, 0.25) is 0 Å². The Kier molecular flexibility index (Phi) is 5.94. The summed E-state index contributed by atoms with van der Waals surface area (Å²) in [7, 11) is 1.39. The van der Waals surface area contributed by atoms with Gasteiger partial charge in [0.1, 0.15) is 17.6 Å². The molecule has 0 aliphatic heterocycles. The number of hydrogen-bond acceptors (Lipinski definition) is 5. The van der Waals surface area contributed by atoms with E-state index in [9.17, 15) is 18.8 Å². The van der Waals surface area contributed by atoms with E-state index in [-0.39, 0.29) is 5.69 Å². The average Bonchev–Trinajstić information content (AvgIpc) is 3.03. The molecule has 4 amide bonds. The predicted octanol–water partition coefficient (Wildman–Crippen LogP) is 2.24. The van der Waals surface area contributed by atoms with Gasteiger partial charge in [-0.1, -0.05) is 0 Å². The van der Waals surface area contributed by atoms with Crippen LogP contribution in [0, 0.1) is 12.7 Å². The highest BCUT2D eigenvalue weighted by molar-refractivity contribution is 6.05. The summed E-state index contributed by atoms with van der Waals surface area (Å²) in [6.45, 7) is 3.16. The van der Waals surface area contributed by atoms with Crippen molar-refractivity contribution in [2.24, 2.45) is 0 Å². The van der Waals surface area contributed by atoms with Gasteiger partial charge in [-0.3, -0.25) is 14.9 Å². The van der Waals surface area contributed by atoms with Crippen molar-refractivity contribution in [3.05, 3.63) is 47.7 Å². The summed E-state index contributed by atoms with van der Waals surface area (Å²) in [5.41, 5.74) is 0.630. The Morgan fingerprint density at radius 3 is 2.54 bits per heavy atom. The Hall–Kier alpha value is -3.36. The van der Waals surface area contributed by atoms with Crippen LogP contribution in [0.25, 0.3) is 0 Å². The molecule has 0 fully saturated rings. The van der Waals surface area contributed by atoms with E-state index < -0.39 is 29.7 Å². The van der Waals surface area contributed by atoms with Gasteiger partial charge in [0, 0.05) is 12.7 Å². The molecule has 138 valence electrons. The zero-order valence-corrected chi connectivity index (χ0v) is 14.5. The Morgan fingerprint density at radius 2 is 1.92 bits per heavy atom. The van der Waals surface area contributed by atoms with Crippen LogP contribution < -0.4 is 21.3 Å². The number of carbonyl (C=O) groups is 3. The van der Waals surface area contributed by atoms with Crippen LogP contribution in [0.3, 0.4) is 0 Å². The molecular weight excluding hydrogens is 343 g/mol. The monoisotopic (exact) mass is 362 g/mol. The summed E-state index contributed by atoms with van der Waals surface area (Å²) in [5.74, 6) is -1.30. The van der Waals surface area contributed by atoms with E-state index in [4.69, 9.17) is 4.42 Å². The number of hydrogen-bond donors (Lipinski definition) is 4. The molecule has 1 aromatic carbocycles. The van der Waals surface area contributed by atoms with Crippen LogP contribution in [0.1, 0.15) is 23.0 Å². The Labute approximate surface area is 149 Å². The van der Waals surface area contributed by atoms with E-state index in [1.165, 1.54) is 38.4 Å². The summed E-state index contributed by atoms with van der Waals surface area (Å²) >= 11 is 0. The first-order valence-corrected chi connectivity index (χ1v) is 7.76. The summed E-state index contributed by atoms with van der Waals surface area (Å²) < 4.78 is 19.0. The standard InChI is InChI=1S/C17H19FN4O4/c1-9(15(23)22-17(25)19-3)20-11-4-5-13(18)14(8-11)21-16(24)12-6-7-26-10(12)2/h4-9,20H,1-3H3,(H,21,24)(H2,19,22,23,25)/t9-/m1/s1. The maximum absolute atomic E-state index is 14.0. The van der Waals surface area contributed by atoms with Crippen LogP contribution in [-0.4, -0.2) is 30.9 Å². The topological polar surface area (TPSA) is 112 Å². The van der Waals surface area contributed by atoms with Crippen molar-refractivity contribution in [2.75, 3.05) is 17.7 Å². The molecule has 2 aromatic rings. The number of urea groups is 1. The molecule has 0 saturated heterocycles. The van der Waals surface area contributed by atoms with E-state index in [1.54, 1.807) is 6.92 Å². The average molecular weight is 362 g/mol. The Balaban J connectivity index is 2.09. The number of aryl methyl sites for hydroxylation is 1. The lowest BCUT2D eigenvalue weighted by molar-refractivity contribution is -0.120. The van der Waals surface area contributed by atoms with E-state index in [1.807, 2.05) is 0 Å². The van der Waals surface area contributed by atoms with E-state index in [0.29, 0.717) is 17.0 Å². The van der Waals surface area contributed by atoms with Crippen molar-refractivity contribution in [3.63, 3.8) is 0 Å². The largest absolute Gasteiger partial charge is 0.469 e. The van der Waals surface area contributed by atoms with Crippen molar-refractivity contribution in [3.8, 4) is 0 Å². The lowest BCUT2D eigenvalue weighted by Gasteiger charge is -2.16. The first-order chi connectivity index (χ1) is 12.3. The molecule has 4 N–H and O–H groups in total. The van der Waals surface area contributed by atoms with Gasteiger partial charge in [0.15, 0.2) is 0 Å². The molecule has 0 saturated carbocycles. The van der Waals surface area contributed by atoms with Gasteiger partial charge in [-0.2, -0.15) is 0 Å². The van der Waals surface area contributed by atoms with E-state index >= 15 is 0 Å². The second-order valence-electron chi connectivity index (χ2n) is 5.47. The van der Waals surface area contributed by atoms with Gasteiger partial charge in [0.25, 0.3) is 5.91 Å². The summed E-state index contributed by atoms with van der Waals surface area (Å²) in [5, 5.41) is 9.68. The molecule has 0 unspecified atom stereocenters. The number of anilines is 2. The van der Waals surface area contributed by atoms with E-state index in [0.717, 1.165) is 6.07 Å². The summed E-state index contributed by atoms with van der Waals surface area (Å²) in [6, 6.07) is 4.01. The molecule has 9 heteroatoms. The lowest BCUT2D eigenvalue weighted by atomic mass is 10.2. The molecule has 0 bridgehead atoms. The minimum atomic E-state index is -0.766. The van der Waals surface area contributed by atoms with Crippen molar-refractivity contribution in [2.45, 2.75) is 19.9 Å². The lowest BCUT2D eigenvalue weighted by Crippen LogP contribution is -2.44. The zero-order valence-electron chi connectivity index (χ0n) is 14.5. The van der Waals surface area contributed by atoms with Gasteiger partial charge in [0.2, 0.25) is 5.91 Å². The molecule has 0 aliphatic rings. The SMILES string of the molecule is CNC(=O)NC(=O)[C@@H](C)Nc1ccc(F)c(NC(=O)c2ccoc2C)c1. The van der Waals surface area contributed by atoms with Gasteiger partial charge in [0.05, 0.1) is 17.5 Å². The van der Waals surface area contributed by atoms with Crippen LogP contribution in [0.4, 0.5) is 20.6 Å². The summed E-state index contributed by atoms with van der Waals surface area (Å²) in [6.07, 6.45) is 1.37. The predicted molar refractivity (Wildman–Crippen MR) is 93.5 cm³/mol. The number of furan rings is 1. The highest BCUT2D eigenvalue weighted by Crippen LogP contribution is 2.22. The molecule has 26 heavy (non-hydrogen) atoms. The molecule has 2 rings (SSSR count). The highest BCUT2D eigenvalue weighted by atomic mass is 19.1. The zero-order chi connectivity index (χ0) is 19.3. The minimum Gasteiger partial charge on any atom is -0.469 e. The Bertz CT molecular complexity index is 834. The van der Waals surface area contributed by atoms with Crippen molar-refractivity contribution in [1.82, 2.24) is 10.6 Å². The Morgan fingerprint density at radius 1 is 1.19 bits per heavy atom. The van der Waals surface area contributed by atoms with Crippen molar-refractivity contribution in [1.29, 1.82) is 0 Å². The molecule has 0 radical (unpaired) electrons. The maximum atomic E-state index is 14.0. The molecule has 8 nitrogen and oxygen atoms in total. The smallest absolute Gasteiger partial charge is 0.321 e. The number of amides is 4. The third-order valence-electron chi connectivity index (χ3n) is 3.56. The van der Waals surface area contributed by atoms with E-state index in [2.05, 4.69) is 21.3 Å². The fraction of sp³-hybridized carbons (Fsp3) is 0.235. The fourth-order valence-electron chi connectivity index (χ4n) is 2.12. The number of rotatable bonds is 5. The second-order valence-corrected chi connectivity index (χ2v) is 5.47. The fourth-order valence-corrected chi connectivity index (χ4v) is 2.12. The van der Waals surface area contributed by atoms with Crippen LogP contribution in [-0.2, 0) is 4.79 Å². The van der Waals surface area contributed by atoms with Crippen LogP contribution in [0.15, 0.2) is 34.9 Å². The molecular formula is C17H19FN4O4. The minimum absolute atomic E-state index is 0.0560. The van der Waals surface area contributed by atoms with Crippen molar-refractivity contribution < 1.29 is 23.2 Å². The van der Waals surface area contributed by atoms with Crippen LogP contribution in [0.5, 0.6) is 0 Å².